The van der Waals surface area contributed by atoms with Crippen molar-refractivity contribution in [1.82, 2.24) is 10.2 Å². The highest BCUT2D eigenvalue weighted by molar-refractivity contribution is 5.36. The third-order valence-corrected chi connectivity index (χ3v) is 3.21. The second-order valence-corrected chi connectivity index (χ2v) is 4.69. The van der Waals surface area contributed by atoms with Gasteiger partial charge in [0.15, 0.2) is 0 Å². The molecule has 0 bridgehead atoms. The fourth-order valence-corrected chi connectivity index (χ4v) is 2.01. The van der Waals surface area contributed by atoms with E-state index in [-0.39, 0.29) is 5.92 Å². The molecule has 0 amide bonds. The molecular formula is C14H30N2O3. The number of carbonyl (C=O) groups excluding carboxylic acids is 1. The highest BCUT2D eigenvalue weighted by Gasteiger charge is 2.08. The summed E-state index contributed by atoms with van der Waals surface area (Å²) in [6.07, 6.45) is 2.39. The number of methoxy groups -OCH3 is 1. The van der Waals surface area contributed by atoms with Gasteiger partial charge in [-0.05, 0) is 39.0 Å². The van der Waals surface area contributed by atoms with E-state index in [9.17, 15) is 4.79 Å². The first-order chi connectivity index (χ1) is 9.28. The predicted molar refractivity (Wildman–Crippen MR) is 77.3 cm³/mol. The molecule has 0 aromatic carbocycles. The minimum atomic E-state index is 0.234. The zero-order valence-electron chi connectivity index (χ0n) is 12.7. The predicted octanol–water partition coefficient (Wildman–Crippen LogP) is 1.13. The van der Waals surface area contributed by atoms with Crippen LogP contribution in [0.4, 0.5) is 0 Å². The second-order valence-electron chi connectivity index (χ2n) is 4.69. The van der Waals surface area contributed by atoms with Gasteiger partial charge in [0, 0.05) is 19.6 Å². The van der Waals surface area contributed by atoms with Crippen LogP contribution in [0.15, 0.2) is 0 Å². The van der Waals surface area contributed by atoms with Gasteiger partial charge in [0.05, 0.1) is 13.2 Å². The van der Waals surface area contributed by atoms with Crippen molar-refractivity contribution in [2.75, 3.05) is 53.0 Å². The van der Waals surface area contributed by atoms with Gasteiger partial charge in [-0.2, -0.15) is 0 Å². The summed E-state index contributed by atoms with van der Waals surface area (Å²) in [7, 11) is 1.66. The minimum Gasteiger partial charge on any atom is -0.467 e. The molecule has 0 fully saturated rings. The Morgan fingerprint density at radius 2 is 1.95 bits per heavy atom. The monoisotopic (exact) mass is 274 g/mol. The maximum Gasteiger partial charge on any atom is 0.293 e. The largest absolute Gasteiger partial charge is 0.467 e. The molecule has 1 atom stereocenters. The SMILES string of the molecule is CCN(CC)CCCCNCC(COC)COC=O. The Hall–Kier alpha value is -0.650. The molecule has 0 radical (unpaired) electrons. The standard InChI is InChI=1S/C14H30N2O3/c1-4-16(5-2)9-7-6-8-15-10-14(11-18-3)12-19-13-17/h13-15H,4-12H2,1-3H3. The van der Waals surface area contributed by atoms with Gasteiger partial charge in [-0.25, -0.2) is 0 Å². The van der Waals surface area contributed by atoms with Crippen LogP contribution in [0.1, 0.15) is 26.7 Å². The number of rotatable bonds is 14. The number of nitrogens with zero attached hydrogens (tertiary/aromatic N) is 1. The van der Waals surface area contributed by atoms with E-state index in [2.05, 4.69) is 24.1 Å². The summed E-state index contributed by atoms with van der Waals surface area (Å²) in [5, 5.41) is 3.39. The van der Waals surface area contributed by atoms with E-state index < -0.39 is 0 Å². The maximum absolute atomic E-state index is 10.2. The van der Waals surface area contributed by atoms with Crippen LogP contribution in [0.25, 0.3) is 0 Å². The van der Waals surface area contributed by atoms with Crippen LogP contribution >= 0.6 is 0 Å². The van der Waals surface area contributed by atoms with Gasteiger partial charge in [-0.1, -0.05) is 13.8 Å². The molecule has 0 saturated carbocycles. The van der Waals surface area contributed by atoms with Crippen LogP contribution in [-0.4, -0.2) is 64.4 Å². The Kier molecular flexibility index (Phi) is 13.3. The van der Waals surface area contributed by atoms with Crippen molar-refractivity contribution in [2.24, 2.45) is 5.92 Å². The van der Waals surface area contributed by atoms with Gasteiger partial charge in [-0.15, -0.1) is 0 Å². The molecule has 1 N–H and O–H groups in total. The van der Waals surface area contributed by atoms with E-state index in [1.54, 1.807) is 7.11 Å². The normalized spacial score (nSPS) is 12.6. The molecule has 0 aromatic heterocycles. The number of ether oxygens (including phenoxy) is 2. The lowest BCUT2D eigenvalue weighted by Gasteiger charge is -2.18. The fraction of sp³-hybridized carbons (Fsp3) is 0.929. The van der Waals surface area contributed by atoms with Gasteiger partial charge in [-0.3, -0.25) is 4.79 Å². The van der Waals surface area contributed by atoms with Crippen molar-refractivity contribution >= 4 is 6.47 Å². The summed E-state index contributed by atoms with van der Waals surface area (Å²) in [6, 6.07) is 0. The summed E-state index contributed by atoms with van der Waals surface area (Å²) < 4.78 is 9.88. The molecule has 114 valence electrons. The van der Waals surface area contributed by atoms with E-state index in [1.165, 1.54) is 19.4 Å². The second kappa shape index (κ2) is 13.8. The number of unbranched alkanes of at least 4 members (excludes halogenated alkanes) is 1. The molecule has 0 aliphatic heterocycles. The Bertz CT molecular complexity index is 199. The summed E-state index contributed by atoms with van der Waals surface area (Å²) >= 11 is 0. The lowest BCUT2D eigenvalue weighted by molar-refractivity contribution is -0.130. The molecule has 5 nitrogen and oxygen atoms in total. The maximum atomic E-state index is 10.2. The lowest BCUT2D eigenvalue weighted by Crippen LogP contribution is -2.30. The number of hydrogen-bond acceptors (Lipinski definition) is 5. The van der Waals surface area contributed by atoms with Crippen LogP contribution in [0.2, 0.25) is 0 Å². The molecule has 5 heteroatoms. The topological polar surface area (TPSA) is 50.8 Å². The summed E-state index contributed by atoms with van der Waals surface area (Å²) in [5.41, 5.74) is 0. The van der Waals surface area contributed by atoms with Gasteiger partial charge in [0.1, 0.15) is 0 Å². The summed E-state index contributed by atoms with van der Waals surface area (Å²) in [4.78, 5) is 12.6. The number of carbonyl (C=O) groups is 1. The Morgan fingerprint density at radius 1 is 1.21 bits per heavy atom. The lowest BCUT2D eigenvalue weighted by atomic mass is 10.1. The molecular weight excluding hydrogens is 244 g/mol. The first-order valence-electron chi connectivity index (χ1n) is 7.25. The highest BCUT2D eigenvalue weighted by atomic mass is 16.5. The Balaban J connectivity index is 3.50. The Labute approximate surface area is 117 Å². The minimum absolute atomic E-state index is 0.234. The first kappa shape index (κ1) is 18.4. The van der Waals surface area contributed by atoms with Crippen molar-refractivity contribution < 1.29 is 14.3 Å². The average molecular weight is 274 g/mol. The van der Waals surface area contributed by atoms with Gasteiger partial charge >= 0.3 is 0 Å². The zero-order valence-corrected chi connectivity index (χ0v) is 12.7. The third kappa shape index (κ3) is 10.9. The van der Waals surface area contributed by atoms with Crippen LogP contribution in [0, 0.1) is 5.92 Å². The zero-order chi connectivity index (χ0) is 14.3. The first-order valence-corrected chi connectivity index (χ1v) is 7.25. The van der Waals surface area contributed by atoms with Crippen molar-refractivity contribution in [3.8, 4) is 0 Å². The van der Waals surface area contributed by atoms with E-state index >= 15 is 0 Å². The van der Waals surface area contributed by atoms with Gasteiger partial charge in [0.2, 0.25) is 0 Å². The van der Waals surface area contributed by atoms with E-state index in [1.807, 2.05) is 0 Å². The molecule has 0 aromatic rings. The third-order valence-electron chi connectivity index (χ3n) is 3.21. The Morgan fingerprint density at radius 3 is 2.53 bits per heavy atom. The quantitative estimate of drug-likeness (QED) is 0.380. The number of nitrogens with one attached hydrogen (secondary N) is 1. The van der Waals surface area contributed by atoms with E-state index in [4.69, 9.17) is 9.47 Å². The molecule has 0 heterocycles. The summed E-state index contributed by atoms with van der Waals surface area (Å²) in [5.74, 6) is 0.234. The van der Waals surface area contributed by atoms with Crippen molar-refractivity contribution in [1.29, 1.82) is 0 Å². The molecule has 1 unspecified atom stereocenters. The van der Waals surface area contributed by atoms with Crippen molar-refractivity contribution in [3.63, 3.8) is 0 Å². The van der Waals surface area contributed by atoms with Crippen molar-refractivity contribution in [2.45, 2.75) is 26.7 Å². The van der Waals surface area contributed by atoms with Crippen LogP contribution in [-0.2, 0) is 14.3 Å². The molecule has 0 aliphatic carbocycles. The van der Waals surface area contributed by atoms with Crippen LogP contribution in [0.5, 0.6) is 0 Å². The van der Waals surface area contributed by atoms with E-state index in [0.29, 0.717) is 19.7 Å². The molecule has 0 aliphatic rings. The fourth-order valence-electron chi connectivity index (χ4n) is 2.01. The highest BCUT2D eigenvalue weighted by Crippen LogP contribution is 1.97. The molecule has 19 heavy (non-hydrogen) atoms. The average Bonchev–Trinajstić information content (AvgIpc) is 2.44. The smallest absolute Gasteiger partial charge is 0.293 e. The van der Waals surface area contributed by atoms with Crippen LogP contribution in [0.3, 0.4) is 0 Å². The molecule has 0 saturated heterocycles. The van der Waals surface area contributed by atoms with Crippen molar-refractivity contribution in [3.05, 3.63) is 0 Å². The van der Waals surface area contributed by atoms with Gasteiger partial charge < -0.3 is 19.7 Å². The summed E-state index contributed by atoms with van der Waals surface area (Å²) in [6.45, 7) is 11.2. The molecule has 0 rings (SSSR count). The van der Waals surface area contributed by atoms with Gasteiger partial charge in [0.25, 0.3) is 6.47 Å². The number of hydrogen-bond donors (Lipinski definition) is 1. The van der Waals surface area contributed by atoms with E-state index in [0.717, 1.165) is 26.2 Å². The van der Waals surface area contributed by atoms with Crippen LogP contribution < -0.4 is 5.32 Å². The molecule has 0 spiro atoms.